The topological polar surface area (TPSA) is 115 Å². The fourth-order valence-corrected chi connectivity index (χ4v) is 3.16. The van der Waals surface area contributed by atoms with Crippen LogP contribution in [-0.2, 0) is 9.53 Å². The van der Waals surface area contributed by atoms with Crippen LogP contribution in [0, 0.1) is 19.8 Å². The Morgan fingerprint density at radius 3 is 2.58 bits per heavy atom. The van der Waals surface area contributed by atoms with Gasteiger partial charge in [0.2, 0.25) is 0 Å². The van der Waals surface area contributed by atoms with Gasteiger partial charge in [-0.15, -0.1) is 0 Å². The molecular weight excluding hydrogens is 340 g/mol. The molecule has 1 aromatic rings. The van der Waals surface area contributed by atoms with Crippen molar-refractivity contribution < 1.29 is 23.5 Å². The summed E-state index contributed by atoms with van der Waals surface area (Å²) >= 11 is 0. The van der Waals surface area contributed by atoms with E-state index in [1.807, 2.05) is 0 Å². The molecular formula is C18H24N2O6. The number of esters is 1. The van der Waals surface area contributed by atoms with E-state index in [1.165, 1.54) is 13.0 Å². The van der Waals surface area contributed by atoms with Crippen molar-refractivity contribution in [1.82, 2.24) is 10.6 Å². The van der Waals surface area contributed by atoms with Gasteiger partial charge < -0.3 is 14.5 Å². The summed E-state index contributed by atoms with van der Waals surface area (Å²) in [5.41, 5.74) is -0.0750. The molecule has 8 nitrogen and oxygen atoms in total. The molecule has 0 saturated heterocycles. The van der Waals surface area contributed by atoms with Gasteiger partial charge in [0.15, 0.2) is 6.61 Å². The zero-order chi connectivity index (χ0) is 19.3. The Hall–Kier alpha value is -2.64. The Kier molecular flexibility index (Phi) is 6.54. The van der Waals surface area contributed by atoms with E-state index in [0.717, 1.165) is 25.7 Å². The lowest BCUT2D eigenvalue weighted by Gasteiger charge is -2.29. The van der Waals surface area contributed by atoms with Crippen LogP contribution in [0.25, 0.3) is 0 Å². The molecule has 0 aromatic carbocycles. The van der Waals surface area contributed by atoms with E-state index in [9.17, 15) is 19.2 Å². The molecule has 0 bridgehead atoms. The van der Waals surface area contributed by atoms with E-state index in [2.05, 4.69) is 17.6 Å². The van der Waals surface area contributed by atoms with Crippen molar-refractivity contribution in [2.45, 2.75) is 52.5 Å². The number of nitrogens with one attached hydrogen (secondary N) is 2. The third-order valence-corrected chi connectivity index (χ3v) is 4.55. The monoisotopic (exact) mass is 364 g/mol. The van der Waals surface area contributed by atoms with Crippen molar-refractivity contribution in [3.05, 3.63) is 33.4 Å². The molecule has 1 fully saturated rings. The molecule has 0 radical (unpaired) electrons. The first-order valence-corrected chi connectivity index (χ1v) is 8.66. The van der Waals surface area contributed by atoms with Crippen molar-refractivity contribution in [2.75, 3.05) is 6.61 Å². The van der Waals surface area contributed by atoms with Gasteiger partial charge in [0.1, 0.15) is 11.3 Å². The highest BCUT2D eigenvalue weighted by molar-refractivity contribution is 5.97. The van der Waals surface area contributed by atoms with Crippen LogP contribution >= 0.6 is 0 Å². The normalized spacial score (nSPS) is 19.5. The van der Waals surface area contributed by atoms with E-state index in [-0.39, 0.29) is 17.4 Å². The van der Waals surface area contributed by atoms with E-state index in [0.29, 0.717) is 11.5 Å². The zero-order valence-electron chi connectivity index (χ0n) is 15.2. The minimum Gasteiger partial charge on any atom is -0.452 e. The molecule has 26 heavy (non-hydrogen) atoms. The van der Waals surface area contributed by atoms with E-state index >= 15 is 0 Å². The van der Waals surface area contributed by atoms with Gasteiger partial charge in [-0.2, -0.15) is 0 Å². The van der Waals surface area contributed by atoms with Crippen LogP contribution < -0.4 is 16.3 Å². The van der Waals surface area contributed by atoms with Crippen LogP contribution in [0.1, 0.15) is 54.3 Å². The standard InChI is InChI=1S/C18H24N2O6/c1-10-6-4-5-7-13(10)19-18(24)20-14(21)9-25-17(23)16-11(2)8-15(22)26-12(16)3/h8,10,13H,4-7,9H2,1-3H3,(H2,19,20,21,24). The van der Waals surface area contributed by atoms with Gasteiger partial charge in [-0.05, 0) is 38.2 Å². The molecule has 2 atom stereocenters. The summed E-state index contributed by atoms with van der Waals surface area (Å²) in [6, 6.07) is 0.613. The van der Waals surface area contributed by atoms with Gasteiger partial charge in [-0.1, -0.05) is 19.8 Å². The smallest absolute Gasteiger partial charge is 0.342 e. The summed E-state index contributed by atoms with van der Waals surface area (Å²) in [4.78, 5) is 47.0. The quantitative estimate of drug-likeness (QED) is 0.788. The van der Waals surface area contributed by atoms with Crippen molar-refractivity contribution >= 4 is 17.9 Å². The van der Waals surface area contributed by atoms with Crippen LogP contribution in [0.5, 0.6) is 0 Å². The highest BCUT2D eigenvalue weighted by atomic mass is 16.5. The van der Waals surface area contributed by atoms with Gasteiger partial charge in [-0.3, -0.25) is 10.1 Å². The number of imide groups is 1. The van der Waals surface area contributed by atoms with E-state index in [4.69, 9.17) is 9.15 Å². The third kappa shape index (κ3) is 5.18. The van der Waals surface area contributed by atoms with Gasteiger partial charge >= 0.3 is 17.6 Å². The molecule has 8 heteroatoms. The summed E-state index contributed by atoms with van der Waals surface area (Å²) in [6.07, 6.45) is 4.12. The lowest BCUT2D eigenvalue weighted by molar-refractivity contribution is -0.123. The Bertz CT molecular complexity index is 728. The van der Waals surface area contributed by atoms with Crippen molar-refractivity contribution in [3.8, 4) is 0 Å². The summed E-state index contributed by atoms with van der Waals surface area (Å²) in [7, 11) is 0. The first kappa shape index (κ1) is 19.7. The molecule has 1 saturated carbocycles. The van der Waals surface area contributed by atoms with Crippen LogP contribution in [-0.4, -0.2) is 30.6 Å². The number of carbonyl (C=O) groups is 3. The number of urea groups is 1. The van der Waals surface area contributed by atoms with Crippen molar-refractivity contribution in [1.29, 1.82) is 0 Å². The van der Waals surface area contributed by atoms with Crippen LogP contribution in [0.4, 0.5) is 4.79 Å². The Morgan fingerprint density at radius 2 is 1.92 bits per heavy atom. The molecule has 1 aliphatic carbocycles. The number of hydrogen-bond acceptors (Lipinski definition) is 6. The van der Waals surface area contributed by atoms with E-state index in [1.54, 1.807) is 6.92 Å². The number of amides is 3. The Labute approximate surface area is 151 Å². The Balaban J connectivity index is 1.84. The fraction of sp³-hybridized carbons (Fsp3) is 0.556. The predicted molar refractivity (Wildman–Crippen MR) is 92.8 cm³/mol. The van der Waals surface area contributed by atoms with Gasteiger partial charge in [0, 0.05) is 12.1 Å². The van der Waals surface area contributed by atoms with Gasteiger partial charge in [0.25, 0.3) is 5.91 Å². The summed E-state index contributed by atoms with van der Waals surface area (Å²) in [6.45, 7) is 4.49. The highest BCUT2D eigenvalue weighted by Gasteiger charge is 2.24. The largest absolute Gasteiger partial charge is 0.452 e. The number of rotatable bonds is 4. The minimum absolute atomic E-state index is 0.0385. The first-order valence-electron chi connectivity index (χ1n) is 8.66. The zero-order valence-corrected chi connectivity index (χ0v) is 15.2. The third-order valence-electron chi connectivity index (χ3n) is 4.55. The molecule has 0 aliphatic heterocycles. The average molecular weight is 364 g/mol. The molecule has 3 amide bonds. The molecule has 0 spiro atoms. The number of hydrogen-bond donors (Lipinski definition) is 2. The maximum atomic E-state index is 12.1. The second kappa shape index (κ2) is 8.64. The second-order valence-electron chi connectivity index (χ2n) is 6.65. The minimum atomic E-state index is -0.791. The SMILES string of the molecule is Cc1cc(=O)oc(C)c1C(=O)OCC(=O)NC(=O)NC1CCCCC1C. The molecule has 1 aliphatic rings. The lowest BCUT2D eigenvalue weighted by atomic mass is 9.86. The Morgan fingerprint density at radius 1 is 1.23 bits per heavy atom. The molecule has 2 unspecified atom stereocenters. The number of aryl methyl sites for hydroxylation is 2. The maximum absolute atomic E-state index is 12.1. The average Bonchev–Trinajstić information content (AvgIpc) is 2.54. The molecule has 1 aromatic heterocycles. The molecule has 2 N–H and O–H groups in total. The first-order chi connectivity index (χ1) is 12.3. The van der Waals surface area contributed by atoms with Gasteiger partial charge in [0.05, 0.1) is 0 Å². The molecule has 1 heterocycles. The maximum Gasteiger partial charge on any atom is 0.342 e. The summed E-state index contributed by atoms with van der Waals surface area (Å²) in [5.74, 6) is -1.04. The number of carbonyl (C=O) groups excluding carboxylic acids is 3. The summed E-state index contributed by atoms with van der Waals surface area (Å²) in [5, 5.41) is 4.94. The summed E-state index contributed by atoms with van der Waals surface area (Å²) < 4.78 is 9.77. The van der Waals surface area contributed by atoms with Crippen LogP contribution in [0.15, 0.2) is 15.3 Å². The van der Waals surface area contributed by atoms with Gasteiger partial charge in [-0.25, -0.2) is 14.4 Å². The van der Waals surface area contributed by atoms with E-state index < -0.39 is 30.1 Å². The fourth-order valence-electron chi connectivity index (χ4n) is 3.16. The lowest BCUT2D eigenvalue weighted by Crippen LogP contribution is -2.48. The molecule has 142 valence electrons. The molecule has 2 rings (SSSR count). The second-order valence-corrected chi connectivity index (χ2v) is 6.65. The highest BCUT2D eigenvalue weighted by Crippen LogP contribution is 2.23. The van der Waals surface area contributed by atoms with Crippen LogP contribution in [0.2, 0.25) is 0 Å². The van der Waals surface area contributed by atoms with Crippen molar-refractivity contribution in [3.63, 3.8) is 0 Å². The number of ether oxygens (including phenoxy) is 1. The van der Waals surface area contributed by atoms with Crippen molar-refractivity contribution in [2.24, 2.45) is 5.92 Å². The van der Waals surface area contributed by atoms with Crippen LogP contribution in [0.3, 0.4) is 0 Å². The predicted octanol–water partition coefficient (Wildman–Crippen LogP) is 1.82.